The SMILES string of the molecule is CC1CC(=O)N(C)C1=O.CNN=C(C)C. The molecular weight excluding hydrogens is 194 g/mol. The first-order valence-corrected chi connectivity index (χ1v) is 4.88. The summed E-state index contributed by atoms with van der Waals surface area (Å²) in [6.45, 7) is 5.65. The Hall–Kier alpha value is -1.39. The minimum atomic E-state index is -0.0949. The molecule has 0 aliphatic carbocycles. The average molecular weight is 213 g/mol. The lowest BCUT2D eigenvalue weighted by molar-refractivity contribution is -0.137. The van der Waals surface area contributed by atoms with Gasteiger partial charge in [-0.05, 0) is 13.8 Å². The number of rotatable bonds is 1. The number of hydrazone groups is 1. The Morgan fingerprint density at radius 2 is 2.00 bits per heavy atom. The van der Waals surface area contributed by atoms with E-state index in [1.165, 1.54) is 11.9 Å². The zero-order valence-electron chi connectivity index (χ0n) is 10.00. The summed E-state index contributed by atoms with van der Waals surface area (Å²) in [4.78, 5) is 22.7. The van der Waals surface area contributed by atoms with E-state index in [1.807, 2.05) is 13.8 Å². The molecule has 15 heavy (non-hydrogen) atoms. The third-order valence-electron chi connectivity index (χ3n) is 1.94. The summed E-state index contributed by atoms with van der Waals surface area (Å²) in [6, 6.07) is 0. The Labute approximate surface area is 90.5 Å². The highest BCUT2D eigenvalue weighted by Gasteiger charge is 2.32. The van der Waals surface area contributed by atoms with Crippen LogP contribution in [0.1, 0.15) is 27.2 Å². The number of imide groups is 1. The molecule has 0 aromatic rings. The monoisotopic (exact) mass is 213 g/mol. The van der Waals surface area contributed by atoms with E-state index in [0.29, 0.717) is 6.42 Å². The molecule has 5 heteroatoms. The van der Waals surface area contributed by atoms with Crippen LogP contribution in [0.15, 0.2) is 5.10 Å². The van der Waals surface area contributed by atoms with Crippen molar-refractivity contribution >= 4 is 17.5 Å². The molecule has 1 aliphatic heterocycles. The van der Waals surface area contributed by atoms with E-state index in [-0.39, 0.29) is 17.7 Å². The van der Waals surface area contributed by atoms with E-state index < -0.39 is 0 Å². The maximum absolute atomic E-state index is 10.8. The second-order valence-electron chi connectivity index (χ2n) is 3.68. The van der Waals surface area contributed by atoms with E-state index in [4.69, 9.17) is 0 Å². The lowest BCUT2D eigenvalue weighted by atomic mass is 10.1. The molecule has 1 saturated heterocycles. The highest BCUT2D eigenvalue weighted by atomic mass is 16.2. The first-order valence-electron chi connectivity index (χ1n) is 4.88. The fourth-order valence-corrected chi connectivity index (χ4v) is 1.16. The van der Waals surface area contributed by atoms with Crippen LogP contribution in [0.4, 0.5) is 0 Å². The van der Waals surface area contributed by atoms with Crippen molar-refractivity contribution in [2.45, 2.75) is 27.2 Å². The van der Waals surface area contributed by atoms with Crippen LogP contribution in [-0.2, 0) is 9.59 Å². The molecule has 0 aromatic heterocycles. The topological polar surface area (TPSA) is 61.8 Å². The molecule has 1 heterocycles. The molecule has 0 spiro atoms. The number of amides is 2. The van der Waals surface area contributed by atoms with Crippen LogP contribution in [0.5, 0.6) is 0 Å². The Kier molecular flexibility index (Phi) is 5.59. The molecule has 1 fully saturated rings. The summed E-state index contributed by atoms with van der Waals surface area (Å²) in [5.74, 6) is -0.213. The van der Waals surface area contributed by atoms with Gasteiger partial charge in [0.15, 0.2) is 0 Å². The van der Waals surface area contributed by atoms with Crippen molar-refractivity contribution in [3.63, 3.8) is 0 Å². The van der Waals surface area contributed by atoms with Gasteiger partial charge in [-0.1, -0.05) is 6.92 Å². The summed E-state index contributed by atoms with van der Waals surface area (Å²) < 4.78 is 0. The fraction of sp³-hybridized carbons (Fsp3) is 0.700. The minimum absolute atomic E-state index is 0.0556. The molecule has 1 aliphatic rings. The molecule has 0 aromatic carbocycles. The molecule has 2 amide bonds. The Balaban J connectivity index is 0.000000288. The van der Waals surface area contributed by atoms with E-state index in [1.54, 1.807) is 14.0 Å². The van der Waals surface area contributed by atoms with Crippen molar-refractivity contribution in [3.05, 3.63) is 0 Å². The summed E-state index contributed by atoms with van der Waals surface area (Å²) in [5.41, 5.74) is 3.71. The molecule has 0 radical (unpaired) electrons. The molecule has 1 unspecified atom stereocenters. The first kappa shape index (κ1) is 13.6. The van der Waals surface area contributed by atoms with Crippen molar-refractivity contribution in [2.75, 3.05) is 14.1 Å². The minimum Gasteiger partial charge on any atom is -0.313 e. The van der Waals surface area contributed by atoms with Crippen LogP contribution in [0.2, 0.25) is 0 Å². The summed E-state index contributed by atoms with van der Waals surface area (Å²) >= 11 is 0. The molecule has 0 saturated carbocycles. The molecule has 86 valence electrons. The number of hydrogen-bond acceptors (Lipinski definition) is 4. The van der Waals surface area contributed by atoms with Gasteiger partial charge in [0.25, 0.3) is 0 Å². The summed E-state index contributed by atoms with van der Waals surface area (Å²) in [7, 11) is 3.31. The van der Waals surface area contributed by atoms with E-state index in [9.17, 15) is 9.59 Å². The van der Waals surface area contributed by atoms with Crippen LogP contribution < -0.4 is 5.43 Å². The molecule has 0 bridgehead atoms. The number of nitrogens with zero attached hydrogens (tertiary/aromatic N) is 2. The lowest BCUT2D eigenvalue weighted by Gasteiger charge is -2.03. The maximum Gasteiger partial charge on any atom is 0.232 e. The predicted octanol–water partition coefficient (Wildman–Crippen LogP) is 0.613. The quantitative estimate of drug-likeness (QED) is 0.394. The van der Waals surface area contributed by atoms with Gasteiger partial charge in [-0.15, -0.1) is 0 Å². The highest BCUT2D eigenvalue weighted by molar-refractivity contribution is 6.02. The van der Waals surface area contributed by atoms with Gasteiger partial charge >= 0.3 is 0 Å². The van der Waals surface area contributed by atoms with Crippen LogP contribution in [0.3, 0.4) is 0 Å². The molecular formula is C10H19N3O2. The van der Waals surface area contributed by atoms with E-state index in [2.05, 4.69) is 10.5 Å². The molecule has 1 rings (SSSR count). The van der Waals surface area contributed by atoms with E-state index in [0.717, 1.165) is 5.71 Å². The fourth-order valence-electron chi connectivity index (χ4n) is 1.16. The highest BCUT2D eigenvalue weighted by Crippen LogP contribution is 2.15. The molecule has 1 atom stereocenters. The summed E-state index contributed by atoms with van der Waals surface area (Å²) in [6.07, 6.45) is 0.384. The van der Waals surface area contributed by atoms with Gasteiger partial charge in [0.05, 0.1) is 0 Å². The van der Waals surface area contributed by atoms with Gasteiger partial charge in [0.2, 0.25) is 11.8 Å². The summed E-state index contributed by atoms with van der Waals surface area (Å²) in [5, 5.41) is 3.79. The average Bonchev–Trinajstić information content (AvgIpc) is 2.34. The zero-order chi connectivity index (χ0) is 12.0. The number of carbonyl (C=O) groups excluding carboxylic acids is 2. The van der Waals surface area contributed by atoms with Crippen molar-refractivity contribution in [2.24, 2.45) is 11.0 Å². The standard InChI is InChI=1S/C6H9NO2.C4H10N2/c1-4-3-5(8)7(2)6(4)9;1-4(2)6-5-3/h4H,3H2,1-2H3;5H,1-3H3. The van der Waals surface area contributed by atoms with E-state index >= 15 is 0 Å². The Morgan fingerprint density at radius 3 is 2.07 bits per heavy atom. The number of hydrogen-bond donors (Lipinski definition) is 1. The van der Waals surface area contributed by atoms with Crippen molar-refractivity contribution in [1.29, 1.82) is 0 Å². The van der Waals surface area contributed by atoms with Gasteiger partial charge in [-0.3, -0.25) is 14.5 Å². The van der Waals surface area contributed by atoms with Crippen molar-refractivity contribution in [1.82, 2.24) is 10.3 Å². The van der Waals surface area contributed by atoms with Gasteiger partial charge < -0.3 is 5.43 Å². The third-order valence-corrected chi connectivity index (χ3v) is 1.94. The first-order chi connectivity index (χ1) is 6.90. The van der Waals surface area contributed by atoms with Crippen LogP contribution in [0, 0.1) is 5.92 Å². The largest absolute Gasteiger partial charge is 0.313 e. The number of nitrogens with one attached hydrogen (secondary N) is 1. The molecule has 1 N–H and O–H groups in total. The lowest BCUT2D eigenvalue weighted by Crippen LogP contribution is -2.24. The van der Waals surface area contributed by atoms with Crippen LogP contribution in [0.25, 0.3) is 0 Å². The Bertz CT molecular complexity index is 270. The predicted molar refractivity (Wildman–Crippen MR) is 59.4 cm³/mol. The van der Waals surface area contributed by atoms with Crippen LogP contribution >= 0.6 is 0 Å². The van der Waals surface area contributed by atoms with Gasteiger partial charge in [-0.2, -0.15) is 5.10 Å². The third kappa shape index (κ3) is 4.58. The zero-order valence-corrected chi connectivity index (χ0v) is 10.00. The molecule has 5 nitrogen and oxygen atoms in total. The smallest absolute Gasteiger partial charge is 0.232 e. The van der Waals surface area contributed by atoms with Gasteiger partial charge in [0.1, 0.15) is 0 Å². The Morgan fingerprint density at radius 1 is 1.47 bits per heavy atom. The second-order valence-corrected chi connectivity index (χ2v) is 3.68. The number of likely N-dealkylation sites (tertiary alicyclic amines) is 1. The normalized spacial score (nSPS) is 19.5. The number of carbonyl (C=O) groups is 2. The van der Waals surface area contributed by atoms with Gasteiger partial charge in [-0.25, -0.2) is 0 Å². The van der Waals surface area contributed by atoms with Crippen molar-refractivity contribution in [3.8, 4) is 0 Å². The second kappa shape index (κ2) is 6.16. The van der Waals surface area contributed by atoms with Crippen molar-refractivity contribution < 1.29 is 9.59 Å². The van der Waals surface area contributed by atoms with Crippen LogP contribution in [-0.4, -0.2) is 36.5 Å². The van der Waals surface area contributed by atoms with Gasteiger partial charge in [0, 0.05) is 32.1 Å². The maximum atomic E-state index is 10.8.